The summed E-state index contributed by atoms with van der Waals surface area (Å²) >= 11 is 0. The molecule has 5 rings (SSSR count). The maximum Gasteiger partial charge on any atom is 0.407 e. The van der Waals surface area contributed by atoms with Crippen LogP contribution in [-0.2, 0) is 4.74 Å². The third-order valence-electron chi connectivity index (χ3n) is 6.79. The highest BCUT2D eigenvalue weighted by Crippen LogP contribution is 2.38. The molecule has 1 aliphatic heterocycles. The van der Waals surface area contributed by atoms with Gasteiger partial charge in [0, 0.05) is 36.5 Å². The van der Waals surface area contributed by atoms with Crippen molar-refractivity contribution in [1.82, 2.24) is 14.9 Å². The molecule has 0 radical (unpaired) electrons. The number of aromatic nitrogens is 2. The van der Waals surface area contributed by atoms with Crippen molar-refractivity contribution in [1.29, 1.82) is 5.26 Å². The van der Waals surface area contributed by atoms with Gasteiger partial charge in [-0.05, 0) is 70.4 Å². The van der Waals surface area contributed by atoms with Gasteiger partial charge in [-0.1, -0.05) is 42.0 Å². The largest absolute Gasteiger partial charge is 0.444 e. The number of rotatable bonds is 4. The summed E-state index contributed by atoms with van der Waals surface area (Å²) in [5.41, 5.74) is 7.53. The smallest absolute Gasteiger partial charge is 0.407 e. The number of benzene rings is 2. The molecule has 2 aromatic carbocycles. The molecule has 7 heteroatoms. The highest BCUT2D eigenvalue weighted by molar-refractivity contribution is 5.90. The quantitative estimate of drug-likeness (QED) is 0.348. The second-order valence-corrected chi connectivity index (χ2v) is 10.9. The highest BCUT2D eigenvalue weighted by Gasteiger charge is 2.26. The fourth-order valence-corrected chi connectivity index (χ4v) is 5.05. The zero-order chi connectivity index (χ0) is 26.9. The van der Waals surface area contributed by atoms with Crippen molar-refractivity contribution >= 4 is 17.3 Å². The normalized spacial score (nSPS) is 15.8. The Hall–Kier alpha value is -4.31. The highest BCUT2D eigenvalue weighted by atomic mass is 16.6. The monoisotopic (exact) mass is 507 g/mol. The van der Waals surface area contributed by atoms with E-state index in [-0.39, 0.29) is 12.1 Å². The van der Waals surface area contributed by atoms with Crippen LogP contribution in [-0.4, -0.2) is 40.4 Å². The van der Waals surface area contributed by atoms with Crippen molar-refractivity contribution in [3.05, 3.63) is 78.0 Å². The van der Waals surface area contributed by atoms with Gasteiger partial charge in [-0.2, -0.15) is 10.4 Å². The molecule has 1 N–H and O–H groups in total. The Kier molecular flexibility index (Phi) is 6.81. The number of anilines is 1. The fourth-order valence-electron chi connectivity index (χ4n) is 5.05. The van der Waals surface area contributed by atoms with E-state index in [0.717, 1.165) is 53.0 Å². The van der Waals surface area contributed by atoms with Gasteiger partial charge in [-0.25, -0.2) is 9.31 Å². The molecule has 0 bridgehead atoms. The molecule has 3 heterocycles. The second-order valence-electron chi connectivity index (χ2n) is 10.9. The zero-order valence-electron chi connectivity index (χ0n) is 22.4. The molecule has 1 aliphatic rings. The van der Waals surface area contributed by atoms with Crippen LogP contribution in [0.2, 0.25) is 0 Å². The predicted molar refractivity (Wildman–Crippen MR) is 150 cm³/mol. The van der Waals surface area contributed by atoms with Crippen LogP contribution in [0.4, 0.5) is 10.5 Å². The number of nitrogens with zero attached hydrogens (tertiary/aromatic N) is 4. The van der Waals surface area contributed by atoms with Crippen LogP contribution in [0.1, 0.15) is 44.7 Å². The Morgan fingerprint density at radius 1 is 1.08 bits per heavy atom. The van der Waals surface area contributed by atoms with Gasteiger partial charge < -0.3 is 15.0 Å². The maximum absolute atomic E-state index is 12.4. The molecule has 0 saturated carbocycles. The Morgan fingerprint density at radius 2 is 1.79 bits per heavy atom. The summed E-state index contributed by atoms with van der Waals surface area (Å²) in [6, 6.07) is 22.6. The molecule has 2 aromatic heterocycles. The number of hydrogen-bond acceptors (Lipinski definition) is 5. The fraction of sp³-hybridized carbons (Fsp3) is 0.323. The third kappa shape index (κ3) is 5.35. The number of hydrogen-bond donors (Lipinski definition) is 1. The van der Waals surface area contributed by atoms with Gasteiger partial charge in [-0.3, -0.25) is 0 Å². The van der Waals surface area contributed by atoms with E-state index < -0.39 is 5.60 Å². The van der Waals surface area contributed by atoms with E-state index in [1.807, 2.05) is 61.8 Å². The van der Waals surface area contributed by atoms with E-state index in [1.54, 1.807) is 0 Å². The van der Waals surface area contributed by atoms with Gasteiger partial charge in [-0.15, -0.1) is 0 Å². The number of fused-ring (bicyclic) bond motifs is 1. The molecule has 1 atom stereocenters. The van der Waals surface area contributed by atoms with Crippen LogP contribution in [0.25, 0.3) is 27.9 Å². The molecule has 0 spiro atoms. The number of aryl methyl sites for hydroxylation is 1. The number of piperidine rings is 1. The second kappa shape index (κ2) is 10.2. The first-order chi connectivity index (χ1) is 18.2. The Balaban J connectivity index is 1.55. The first-order valence-corrected chi connectivity index (χ1v) is 13.0. The van der Waals surface area contributed by atoms with E-state index in [9.17, 15) is 10.1 Å². The number of alkyl carbamates (subject to hydrolysis) is 1. The lowest BCUT2D eigenvalue weighted by Gasteiger charge is -2.35. The summed E-state index contributed by atoms with van der Waals surface area (Å²) in [6.45, 7) is 9.28. The lowest BCUT2D eigenvalue weighted by atomic mass is 10.00. The van der Waals surface area contributed by atoms with Gasteiger partial charge in [0.25, 0.3) is 0 Å². The maximum atomic E-state index is 12.4. The number of nitriles is 1. The molecule has 38 heavy (non-hydrogen) atoms. The van der Waals surface area contributed by atoms with E-state index >= 15 is 0 Å². The van der Waals surface area contributed by atoms with Gasteiger partial charge in [0.2, 0.25) is 0 Å². The Bertz CT molecular complexity index is 1490. The molecular formula is C31H33N5O2. The summed E-state index contributed by atoms with van der Waals surface area (Å²) < 4.78 is 7.50. The van der Waals surface area contributed by atoms with Gasteiger partial charge in [0.15, 0.2) is 0 Å². The minimum Gasteiger partial charge on any atom is -0.444 e. The Morgan fingerprint density at radius 3 is 2.47 bits per heavy atom. The minimum absolute atomic E-state index is 0.00339. The molecule has 194 valence electrons. The number of amides is 1. The number of carbonyl (C=O) groups is 1. The SMILES string of the molecule is Cc1ccc(-c2c(-c3ccc(C#N)cc3)cc3c(N4CCCC(NC(=O)OC(C)(C)C)C4)ccnn23)cc1. The van der Waals surface area contributed by atoms with Gasteiger partial charge in [0.1, 0.15) is 5.60 Å². The minimum atomic E-state index is -0.532. The first-order valence-electron chi connectivity index (χ1n) is 13.0. The van der Waals surface area contributed by atoms with Crippen molar-refractivity contribution in [2.45, 2.75) is 52.2 Å². The van der Waals surface area contributed by atoms with Crippen LogP contribution in [0.5, 0.6) is 0 Å². The summed E-state index contributed by atoms with van der Waals surface area (Å²) in [5, 5.41) is 17.1. The van der Waals surface area contributed by atoms with Crippen molar-refractivity contribution in [3.8, 4) is 28.5 Å². The molecule has 1 fully saturated rings. The van der Waals surface area contributed by atoms with Crippen LogP contribution in [0.15, 0.2) is 66.9 Å². The average molecular weight is 508 g/mol. The summed E-state index contributed by atoms with van der Waals surface area (Å²) in [7, 11) is 0. The molecule has 0 aliphatic carbocycles. The van der Waals surface area contributed by atoms with E-state index in [0.29, 0.717) is 12.1 Å². The van der Waals surface area contributed by atoms with Crippen LogP contribution >= 0.6 is 0 Å². The van der Waals surface area contributed by atoms with Crippen molar-refractivity contribution in [2.24, 2.45) is 0 Å². The molecule has 4 aromatic rings. The van der Waals surface area contributed by atoms with E-state index in [2.05, 4.69) is 53.5 Å². The van der Waals surface area contributed by atoms with E-state index in [4.69, 9.17) is 9.84 Å². The number of carbonyl (C=O) groups excluding carboxylic acids is 1. The average Bonchev–Trinajstić information content (AvgIpc) is 3.28. The van der Waals surface area contributed by atoms with Gasteiger partial charge in [0.05, 0.1) is 28.5 Å². The van der Waals surface area contributed by atoms with E-state index in [1.165, 1.54) is 5.56 Å². The molecule has 1 unspecified atom stereocenters. The third-order valence-corrected chi connectivity index (χ3v) is 6.79. The summed E-state index contributed by atoms with van der Waals surface area (Å²) in [6.07, 6.45) is 3.33. The topological polar surface area (TPSA) is 82.7 Å². The van der Waals surface area contributed by atoms with Gasteiger partial charge >= 0.3 is 6.09 Å². The molecular weight excluding hydrogens is 474 g/mol. The van der Waals surface area contributed by atoms with Crippen molar-refractivity contribution < 1.29 is 9.53 Å². The lowest BCUT2D eigenvalue weighted by molar-refractivity contribution is 0.0500. The molecule has 1 saturated heterocycles. The molecule has 1 amide bonds. The summed E-state index contributed by atoms with van der Waals surface area (Å²) in [5.74, 6) is 0. The van der Waals surface area contributed by atoms with Crippen molar-refractivity contribution in [2.75, 3.05) is 18.0 Å². The van der Waals surface area contributed by atoms with Crippen LogP contribution in [0, 0.1) is 18.3 Å². The molecule has 7 nitrogen and oxygen atoms in total. The zero-order valence-corrected chi connectivity index (χ0v) is 22.4. The Labute approximate surface area is 223 Å². The number of nitrogens with one attached hydrogen (secondary N) is 1. The van der Waals surface area contributed by atoms with Crippen LogP contribution < -0.4 is 10.2 Å². The number of ether oxygens (including phenoxy) is 1. The standard InChI is InChI=1S/C31H33N5O2/c1-21-7-11-24(12-8-21)29-26(23-13-9-22(19-32)10-14-23)18-28-27(15-16-33-36(28)29)35-17-5-6-25(20-35)34-30(37)38-31(2,3)4/h7-16,18,25H,5-6,17,20H2,1-4H3,(H,34,37). The van der Waals surface area contributed by atoms with Crippen LogP contribution in [0.3, 0.4) is 0 Å². The van der Waals surface area contributed by atoms with Crippen molar-refractivity contribution in [3.63, 3.8) is 0 Å². The summed E-state index contributed by atoms with van der Waals surface area (Å²) in [4.78, 5) is 14.8. The first kappa shape index (κ1) is 25.3. The predicted octanol–water partition coefficient (Wildman–Crippen LogP) is 6.34. The lowest BCUT2D eigenvalue weighted by Crippen LogP contribution is -2.49.